The number of primary amides is 1. The molecule has 1 heterocycles. The normalized spacial score (nSPS) is 11.3. The standard InChI is InChI=1S/C18H19N3O5S/c19-15(22)10-20-16(23)11-26-18(25)13(9-12-5-2-1-3-6-12)21-17(24)14-7-4-8-27-14/h1-8,13H,9-11H2,(H2,19,22)(H,20,23)(H,21,24)/t13-/m0/s1. The summed E-state index contributed by atoms with van der Waals surface area (Å²) in [6.45, 7) is -0.925. The molecule has 0 radical (unpaired) electrons. The second-order valence-electron chi connectivity index (χ2n) is 5.54. The number of carbonyl (C=O) groups is 4. The number of nitrogens with two attached hydrogens (primary N) is 1. The molecule has 27 heavy (non-hydrogen) atoms. The van der Waals surface area contributed by atoms with Gasteiger partial charge in [0.15, 0.2) is 6.61 Å². The molecule has 0 saturated carbocycles. The van der Waals surface area contributed by atoms with E-state index in [1.165, 1.54) is 11.3 Å². The molecule has 0 unspecified atom stereocenters. The third kappa shape index (κ3) is 6.90. The van der Waals surface area contributed by atoms with E-state index < -0.39 is 36.3 Å². The highest BCUT2D eigenvalue weighted by atomic mass is 32.1. The van der Waals surface area contributed by atoms with Gasteiger partial charge in [-0.15, -0.1) is 11.3 Å². The molecule has 2 rings (SSSR count). The Morgan fingerprint density at radius 1 is 1.07 bits per heavy atom. The minimum atomic E-state index is -0.967. The number of amides is 3. The van der Waals surface area contributed by atoms with E-state index in [2.05, 4.69) is 10.6 Å². The molecule has 1 atom stereocenters. The summed E-state index contributed by atoms with van der Waals surface area (Å²) in [7, 11) is 0. The highest BCUT2D eigenvalue weighted by molar-refractivity contribution is 7.12. The first-order valence-electron chi connectivity index (χ1n) is 8.05. The molecular formula is C18H19N3O5S. The number of rotatable bonds is 9. The Hall–Kier alpha value is -3.20. The molecule has 142 valence electrons. The van der Waals surface area contributed by atoms with Gasteiger partial charge in [0, 0.05) is 6.42 Å². The van der Waals surface area contributed by atoms with Crippen LogP contribution in [0, 0.1) is 0 Å². The zero-order valence-corrected chi connectivity index (χ0v) is 15.2. The van der Waals surface area contributed by atoms with E-state index in [0.717, 1.165) is 5.56 Å². The molecule has 0 aliphatic heterocycles. The van der Waals surface area contributed by atoms with Crippen molar-refractivity contribution in [1.82, 2.24) is 10.6 Å². The van der Waals surface area contributed by atoms with Crippen molar-refractivity contribution in [1.29, 1.82) is 0 Å². The Morgan fingerprint density at radius 2 is 1.81 bits per heavy atom. The molecule has 0 bridgehead atoms. The summed E-state index contributed by atoms with van der Waals surface area (Å²) >= 11 is 1.25. The minimum Gasteiger partial charge on any atom is -0.454 e. The Labute approximate surface area is 159 Å². The fourth-order valence-electron chi connectivity index (χ4n) is 2.15. The number of hydrogen-bond donors (Lipinski definition) is 3. The quantitative estimate of drug-likeness (QED) is 0.529. The van der Waals surface area contributed by atoms with E-state index in [1.807, 2.05) is 30.3 Å². The van der Waals surface area contributed by atoms with Crippen molar-refractivity contribution in [2.75, 3.05) is 13.2 Å². The first-order chi connectivity index (χ1) is 13.0. The van der Waals surface area contributed by atoms with Gasteiger partial charge in [-0.05, 0) is 17.0 Å². The molecule has 0 aliphatic carbocycles. The molecule has 1 aromatic carbocycles. The number of ether oxygens (including phenoxy) is 1. The van der Waals surface area contributed by atoms with Crippen molar-refractivity contribution in [3.63, 3.8) is 0 Å². The van der Waals surface area contributed by atoms with E-state index in [-0.39, 0.29) is 13.0 Å². The van der Waals surface area contributed by atoms with Crippen molar-refractivity contribution in [3.05, 3.63) is 58.3 Å². The summed E-state index contributed by atoms with van der Waals surface area (Å²) in [5.74, 6) is -2.52. The van der Waals surface area contributed by atoms with E-state index in [9.17, 15) is 19.2 Å². The van der Waals surface area contributed by atoms with Gasteiger partial charge in [0.05, 0.1) is 11.4 Å². The molecule has 8 nitrogen and oxygen atoms in total. The number of esters is 1. The molecule has 1 aromatic heterocycles. The van der Waals surface area contributed by atoms with Gasteiger partial charge in [-0.2, -0.15) is 0 Å². The number of benzene rings is 1. The van der Waals surface area contributed by atoms with E-state index in [0.29, 0.717) is 4.88 Å². The van der Waals surface area contributed by atoms with Crippen molar-refractivity contribution < 1.29 is 23.9 Å². The Bertz CT molecular complexity index is 793. The van der Waals surface area contributed by atoms with Crippen molar-refractivity contribution in [2.24, 2.45) is 5.73 Å². The van der Waals surface area contributed by atoms with Gasteiger partial charge < -0.3 is 21.1 Å². The van der Waals surface area contributed by atoms with Gasteiger partial charge in [-0.1, -0.05) is 36.4 Å². The van der Waals surface area contributed by atoms with E-state index in [1.54, 1.807) is 17.5 Å². The summed E-state index contributed by atoms with van der Waals surface area (Å²) in [6.07, 6.45) is 0.208. The fraction of sp³-hybridized carbons (Fsp3) is 0.222. The third-order valence-corrected chi connectivity index (χ3v) is 4.29. The van der Waals surface area contributed by atoms with Crippen LogP contribution in [0.15, 0.2) is 47.8 Å². The lowest BCUT2D eigenvalue weighted by Crippen LogP contribution is -2.44. The average molecular weight is 389 g/mol. The molecule has 3 amide bonds. The van der Waals surface area contributed by atoms with Crippen LogP contribution in [0.2, 0.25) is 0 Å². The van der Waals surface area contributed by atoms with Crippen LogP contribution in [0.4, 0.5) is 0 Å². The minimum absolute atomic E-state index is 0.208. The molecule has 4 N–H and O–H groups in total. The average Bonchev–Trinajstić information content (AvgIpc) is 3.19. The highest BCUT2D eigenvalue weighted by Gasteiger charge is 2.24. The first-order valence-corrected chi connectivity index (χ1v) is 8.93. The lowest BCUT2D eigenvalue weighted by atomic mass is 10.1. The predicted molar refractivity (Wildman–Crippen MR) is 98.9 cm³/mol. The second-order valence-corrected chi connectivity index (χ2v) is 6.49. The largest absolute Gasteiger partial charge is 0.454 e. The van der Waals surface area contributed by atoms with Gasteiger partial charge in [0.2, 0.25) is 5.91 Å². The Morgan fingerprint density at radius 3 is 2.44 bits per heavy atom. The summed E-state index contributed by atoms with van der Waals surface area (Å²) in [6, 6.07) is 11.5. The summed E-state index contributed by atoms with van der Waals surface area (Å²) in [5, 5.41) is 6.60. The maximum atomic E-state index is 12.4. The molecule has 2 aromatic rings. The van der Waals surface area contributed by atoms with Gasteiger partial charge in [-0.3, -0.25) is 14.4 Å². The second kappa shape index (κ2) is 10.1. The SMILES string of the molecule is NC(=O)CNC(=O)COC(=O)[C@H](Cc1ccccc1)NC(=O)c1cccs1. The van der Waals surface area contributed by atoms with E-state index >= 15 is 0 Å². The highest BCUT2D eigenvalue weighted by Crippen LogP contribution is 2.10. The van der Waals surface area contributed by atoms with Crippen LogP contribution < -0.4 is 16.4 Å². The Balaban J connectivity index is 1.99. The van der Waals surface area contributed by atoms with Crippen LogP contribution >= 0.6 is 11.3 Å². The van der Waals surface area contributed by atoms with Gasteiger partial charge in [0.25, 0.3) is 11.8 Å². The smallest absolute Gasteiger partial charge is 0.329 e. The zero-order valence-electron chi connectivity index (χ0n) is 14.3. The zero-order chi connectivity index (χ0) is 19.6. The molecule has 9 heteroatoms. The lowest BCUT2D eigenvalue weighted by molar-refractivity contribution is -0.150. The molecule has 0 saturated heterocycles. The summed E-state index contributed by atoms with van der Waals surface area (Å²) in [5.41, 5.74) is 5.75. The van der Waals surface area contributed by atoms with Gasteiger partial charge in [0.1, 0.15) is 6.04 Å². The van der Waals surface area contributed by atoms with Crippen LogP contribution in [0.5, 0.6) is 0 Å². The van der Waals surface area contributed by atoms with Crippen LogP contribution in [0.25, 0.3) is 0 Å². The monoisotopic (exact) mass is 389 g/mol. The lowest BCUT2D eigenvalue weighted by Gasteiger charge is -2.17. The summed E-state index contributed by atoms with van der Waals surface area (Å²) in [4.78, 5) is 47.3. The van der Waals surface area contributed by atoms with Crippen LogP contribution in [0.3, 0.4) is 0 Å². The first kappa shape index (κ1) is 20.1. The molecule has 0 aliphatic rings. The molecular weight excluding hydrogens is 370 g/mol. The molecule has 0 fully saturated rings. The number of carbonyl (C=O) groups excluding carboxylic acids is 4. The van der Waals surface area contributed by atoms with Crippen LogP contribution in [-0.4, -0.2) is 42.9 Å². The number of nitrogens with one attached hydrogen (secondary N) is 2. The van der Waals surface area contributed by atoms with Crippen molar-refractivity contribution in [2.45, 2.75) is 12.5 Å². The predicted octanol–water partition coefficient (Wildman–Crippen LogP) is 0.234. The van der Waals surface area contributed by atoms with E-state index in [4.69, 9.17) is 10.5 Å². The maximum absolute atomic E-state index is 12.4. The third-order valence-electron chi connectivity index (χ3n) is 3.42. The van der Waals surface area contributed by atoms with Gasteiger partial charge in [-0.25, -0.2) is 4.79 Å². The van der Waals surface area contributed by atoms with Crippen LogP contribution in [0.1, 0.15) is 15.2 Å². The number of thiophene rings is 1. The van der Waals surface area contributed by atoms with Crippen molar-refractivity contribution in [3.8, 4) is 0 Å². The maximum Gasteiger partial charge on any atom is 0.329 e. The molecule has 0 spiro atoms. The topological polar surface area (TPSA) is 128 Å². The van der Waals surface area contributed by atoms with Crippen LogP contribution in [-0.2, 0) is 25.5 Å². The Kier molecular flexibility index (Phi) is 7.50. The summed E-state index contributed by atoms with van der Waals surface area (Å²) < 4.78 is 4.97. The van der Waals surface area contributed by atoms with Gasteiger partial charge >= 0.3 is 5.97 Å². The van der Waals surface area contributed by atoms with Crippen molar-refractivity contribution >= 4 is 35.0 Å². The number of hydrogen-bond acceptors (Lipinski definition) is 6. The fourth-order valence-corrected chi connectivity index (χ4v) is 2.78.